The number of benzene rings is 1. The summed E-state index contributed by atoms with van der Waals surface area (Å²) >= 11 is 6.30. The van der Waals surface area contributed by atoms with Crippen molar-refractivity contribution in [3.8, 4) is 11.5 Å². The van der Waals surface area contributed by atoms with E-state index in [0.29, 0.717) is 24.0 Å². The second-order valence-electron chi connectivity index (χ2n) is 5.40. The molecule has 4 nitrogen and oxygen atoms in total. The van der Waals surface area contributed by atoms with Gasteiger partial charge < -0.3 is 14.6 Å². The van der Waals surface area contributed by atoms with E-state index >= 15 is 0 Å². The van der Waals surface area contributed by atoms with Crippen molar-refractivity contribution in [2.45, 2.75) is 31.8 Å². The minimum Gasteiger partial charge on any atom is -0.489 e. The first-order chi connectivity index (χ1) is 9.78. The first kappa shape index (κ1) is 14.0. The quantitative estimate of drug-likeness (QED) is 0.930. The van der Waals surface area contributed by atoms with Gasteiger partial charge in [0.1, 0.15) is 0 Å². The molecule has 2 aliphatic rings. The second-order valence-corrected chi connectivity index (χ2v) is 5.81. The van der Waals surface area contributed by atoms with Crippen LogP contribution in [0.1, 0.15) is 24.8 Å². The lowest BCUT2D eigenvalue weighted by Gasteiger charge is -2.23. The smallest absolute Gasteiger partial charge is 0.179 e. The Morgan fingerprint density at radius 2 is 2.10 bits per heavy atom. The number of fused-ring (bicyclic) bond motifs is 1. The van der Waals surface area contributed by atoms with E-state index in [1.807, 2.05) is 12.1 Å². The zero-order valence-corrected chi connectivity index (χ0v) is 12.2. The number of nitrogens with zero attached hydrogens (tertiary/aromatic N) is 1. The van der Waals surface area contributed by atoms with E-state index in [9.17, 15) is 5.11 Å². The maximum atomic E-state index is 9.39. The largest absolute Gasteiger partial charge is 0.489 e. The standard InChI is InChI=1S/C15H20ClNO3/c16-13-7-11(9-17-4-1-3-12(17)10-18)8-14-15(13)20-6-2-5-19-14/h7-8,12,18H,1-6,9-10H2/t12-/m1/s1. The van der Waals surface area contributed by atoms with Crippen molar-refractivity contribution in [2.75, 3.05) is 26.4 Å². The molecule has 0 saturated carbocycles. The summed E-state index contributed by atoms with van der Waals surface area (Å²) in [7, 11) is 0. The number of aliphatic hydroxyl groups is 1. The lowest BCUT2D eigenvalue weighted by molar-refractivity contribution is 0.153. The molecule has 5 heteroatoms. The highest BCUT2D eigenvalue weighted by molar-refractivity contribution is 6.32. The van der Waals surface area contributed by atoms with E-state index in [2.05, 4.69) is 4.90 Å². The summed E-state index contributed by atoms with van der Waals surface area (Å²) in [6.07, 6.45) is 3.08. The van der Waals surface area contributed by atoms with Crippen LogP contribution < -0.4 is 9.47 Å². The molecule has 0 radical (unpaired) electrons. The molecule has 0 bridgehead atoms. The molecule has 1 aromatic rings. The molecule has 3 rings (SSSR count). The Bertz CT molecular complexity index is 480. The molecule has 110 valence electrons. The molecular weight excluding hydrogens is 278 g/mol. The third-order valence-electron chi connectivity index (χ3n) is 3.96. The van der Waals surface area contributed by atoms with Crippen LogP contribution in [-0.2, 0) is 6.54 Å². The Balaban J connectivity index is 1.80. The van der Waals surface area contributed by atoms with Gasteiger partial charge in [0.2, 0.25) is 0 Å². The summed E-state index contributed by atoms with van der Waals surface area (Å²) in [5.74, 6) is 1.40. The van der Waals surface area contributed by atoms with Crippen molar-refractivity contribution in [2.24, 2.45) is 0 Å². The number of halogens is 1. The van der Waals surface area contributed by atoms with Crippen LogP contribution in [-0.4, -0.2) is 42.4 Å². The maximum absolute atomic E-state index is 9.39. The van der Waals surface area contributed by atoms with Crippen LogP contribution in [0.4, 0.5) is 0 Å². The number of ether oxygens (including phenoxy) is 2. The summed E-state index contributed by atoms with van der Waals surface area (Å²) in [6, 6.07) is 4.23. The number of hydrogen-bond donors (Lipinski definition) is 1. The highest BCUT2D eigenvalue weighted by Crippen LogP contribution is 2.38. The van der Waals surface area contributed by atoms with E-state index in [1.165, 1.54) is 0 Å². The minimum atomic E-state index is 0.221. The van der Waals surface area contributed by atoms with Gasteiger partial charge in [0.25, 0.3) is 0 Å². The van der Waals surface area contributed by atoms with Gasteiger partial charge in [0, 0.05) is 19.0 Å². The van der Waals surface area contributed by atoms with Crippen LogP contribution in [0, 0.1) is 0 Å². The van der Waals surface area contributed by atoms with E-state index < -0.39 is 0 Å². The molecule has 2 aliphatic heterocycles. The summed E-state index contributed by atoms with van der Waals surface area (Å²) in [5.41, 5.74) is 1.11. The van der Waals surface area contributed by atoms with Gasteiger partial charge in [-0.2, -0.15) is 0 Å². The van der Waals surface area contributed by atoms with Crippen molar-refractivity contribution in [3.63, 3.8) is 0 Å². The Labute approximate surface area is 124 Å². The highest BCUT2D eigenvalue weighted by Gasteiger charge is 2.24. The van der Waals surface area contributed by atoms with Gasteiger partial charge in [-0.15, -0.1) is 0 Å². The summed E-state index contributed by atoms with van der Waals surface area (Å²) < 4.78 is 11.3. The third kappa shape index (κ3) is 2.87. The fraction of sp³-hybridized carbons (Fsp3) is 0.600. The molecule has 1 atom stereocenters. The van der Waals surface area contributed by atoms with E-state index in [0.717, 1.165) is 43.7 Å². The molecule has 2 heterocycles. The van der Waals surface area contributed by atoms with Crippen molar-refractivity contribution in [1.29, 1.82) is 0 Å². The van der Waals surface area contributed by atoms with Gasteiger partial charge in [-0.1, -0.05) is 11.6 Å². The zero-order valence-electron chi connectivity index (χ0n) is 11.5. The van der Waals surface area contributed by atoms with Gasteiger partial charge in [-0.25, -0.2) is 0 Å². The van der Waals surface area contributed by atoms with Crippen LogP contribution >= 0.6 is 11.6 Å². The van der Waals surface area contributed by atoms with Crippen LogP contribution in [0.15, 0.2) is 12.1 Å². The average molecular weight is 298 g/mol. The molecule has 1 saturated heterocycles. The van der Waals surface area contributed by atoms with Crippen molar-refractivity contribution in [1.82, 2.24) is 4.90 Å². The molecule has 1 aromatic carbocycles. The minimum absolute atomic E-state index is 0.221. The van der Waals surface area contributed by atoms with Gasteiger partial charge >= 0.3 is 0 Å². The van der Waals surface area contributed by atoms with Gasteiger partial charge in [-0.05, 0) is 37.1 Å². The van der Waals surface area contributed by atoms with Gasteiger partial charge in [-0.3, -0.25) is 4.90 Å². The zero-order chi connectivity index (χ0) is 13.9. The Hall–Kier alpha value is -0.970. The van der Waals surface area contributed by atoms with E-state index in [-0.39, 0.29) is 12.6 Å². The first-order valence-corrected chi connectivity index (χ1v) is 7.58. The predicted octanol–water partition coefficient (Wildman–Crippen LogP) is 2.46. The number of rotatable bonds is 3. The van der Waals surface area contributed by atoms with Gasteiger partial charge in [0.05, 0.1) is 24.8 Å². The van der Waals surface area contributed by atoms with E-state index in [4.69, 9.17) is 21.1 Å². The number of likely N-dealkylation sites (tertiary alicyclic amines) is 1. The molecule has 1 fully saturated rings. The first-order valence-electron chi connectivity index (χ1n) is 7.21. The lowest BCUT2D eigenvalue weighted by Crippen LogP contribution is -2.31. The SMILES string of the molecule is OC[C@H]1CCCN1Cc1cc(Cl)c2c(c1)OCCCO2. The molecular formula is C15H20ClNO3. The van der Waals surface area contributed by atoms with Crippen LogP contribution in [0.2, 0.25) is 5.02 Å². The molecule has 0 unspecified atom stereocenters. The Morgan fingerprint density at radius 3 is 2.95 bits per heavy atom. The second kappa shape index (κ2) is 6.20. The molecule has 0 aliphatic carbocycles. The van der Waals surface area contributed by atoms with E-state index in [1.54, 1.807) is 0 Å². The summed E-state index contributed by atoms with van der Waals surface area (Å²) in [6.45, 7) is 3.34. The highest BCUT2D eigenvalue weighted by atomic mass is 35.5. The van der Waals surface area contributed by atoms with Gasteiger partial charge in [0.15, 0.2) is 11.5 Å². The maximum Gasteiger partial charge on any atom is 0.179 e. The number of aliphatic hydroxyl groups excluding tert-OH is 1. The number of hydrogen-bond acceptors (Lipinski definition) is 4. The lowest BCUT2D eigenvalue weighted by atomic mass is 10.1. The van der Waals surface area contributed by atoms with Crippen LogP contribution in [0.25, 0.3) is 0 Å². The van der Waals surface area contributed by atoms with Crippen LogP contribution in [0.5, 0.6) is 11.5 Å². The third-order valence-corrected chi connectivity index (χ3v) is 4.24. The Kier molecular flexibility index (Phi) is 4.34. The topological polar surface area (TPSA) is 41.9 Å². The molecule has 0 amide bonds. The molecule has 1 N–H and O–H groups in total. The fourth-order valence-corrected chi connectivity index (χ4v) is 3.21. The predicted molar refractivity (Wildman–Crippen MR) is 77.6 cm³/mol. The van der Waals surface area contributed by atoms with Crippen molar-refractivity contribution in [3.05, 3.63) is 22.7 Å². The van der Waals surface area contributed by atoms with Crippen molar-refractivity contribution < 1.29 is 14.6 Å². The molecule has 0 aromatic heterocycles. The summed E-state index contributed by atoms with van der Waals surface area (Å²) in [4.78, 5) is 2.30. The summed E-state index contributed by atoms with van der Waals surface area (Å²) in [5, 5.41) is 10.00. The normalized spacial score (nSPS) is 22.8. The Morgan fingerprint density at radius 1 is 1.25 bits per heavy atom. The average Bonchev–Trinajstić information content (AvgIpc) is 2.74. The molecule has 0 spiro atoms. The monoisotopic (exact) mass is 297 g/mol. The molecule has 20 heavy (non-hydrogen) atoms. The van der Waals surface area contributed by atoms with Crippen molar-refractivity contribution >= 4 is 11.6 Å². The fourth-order valence-electron chi connectivity index (χ4n) is 2.92. The van der Waals surface area contributed by atoms with Crippen LogP contribution in [0.3, 0.4) is 0 Å².